The van der Waals surface area contributed by atoms with E-state index in [1.54, 1.807) is 11.9 Å². The Bertz CT molecular complexity index is 359. The number of hydrogen-bond donors (Lipinski definition) is 2. The number of aromatic hydroxyl groups is 1. The normalized spacial score (nSPS) is 13.9. The molecule has 0 atom stereocenters. The first kappa shape index (κ1) is 14.0. The molecule has 0 unspecified atom stereocenters. The molecule has 0 spiro atoms. The topological polar surface area (TPSA) is 69.5 Å². The molecule has 0 radical (unpaired) electrons. The van der Waals surface area contributed by atoms with Crippen LogP contribution in [0, 0.1) is 5.92 Å². The lowest BCUT2D eigenvalue weighted by Gasteiger charge is -2.17. The van der Waals surface area contributed by atoms with Crippen LogP contribution in [0.5, 0.6) is 5.75 Å². The van der Waals surface area contributed by atoms with E-state index in [1.165, 1.54) is 19.0 Å². The first-order valence-electron chi connectivity index (χ1n) is 5.58. The van der Waals surface area contributed by atoms with Crippen LogP contribution in [0.15, 0.2) is 6.20 Å². The Morgan fingerprint density at radius 1 is 1.53 bits per heavy atom. The number of rotatable bonds is 3. The van der Waals surface area contributed by atoms with Crippen molar-refractivity contribution in [2.24, 2.45) is 5.92 Å². The summed E-state index contributed by atoms with van der Waals surface area (Å²) in [4.78, 5) is 8.99. The standard InChI is InChI=1S/C7H10ClN3O2.C4H8/c1-11(2-3-12)6-5(13)4-9-7(8)10-6;1-4-2-3-4/h4,12-13H,2-3H2,1H3;4H,2-3H2,1H3. The number of halogens is 1. The van der Waals surface area contributed by atoms with Gasteiger partial charge in [0.05, 0.1) is 12.8 Å². The van der Waals surface area contributed by atoms with E-state index in [0.29, 0.717) is 12.4 Å². The number of likely N-dealkylation sites (N-methyl/N-ethyl adjacent to an activating group) is 1. The summed E-state index contributed by atoms with van der Waals surface area (Å²) < 4.78 is 0. The first-order valence-corrected chi connectivity index (χ1v) is 5.96. The number of aliphatic hydroxyl groups excluding tert-OH is 1. The van der Waals surface area contributed by atoms with Crippen LogP contribution in [0.4, 0.5) is 5.82 Å². The van der Waals surface area contributed by atoms with Gasteiger partial charge in [0, 0.05) is 13.6 Å². The highest BCUT2D eigenvalue weighted by Gasteiger charge is 2.12. The summed E-state index contributed by atoms with van der Waals surface area (Å²) in [5.74, 6) is 1.34. The van der Waals surface area contributed by atoms with Crippen molar-refractivity contribution in [2.75, 3.05) is 25.1 Å². The van der Waals surface area contributed by atoms with Crippen molar-refractivity contribution >= 4 is 17.4 Å². The van der Waals surface area contributed by atoms with Crippen molar-refractivity contribution in [3.05, 3.63) is 11.5 Å². The van der Waals surface area contributed by atoms with Crippen molar-refractivity contribution in [3.8, 4) is 5.75 Å². The summed E-state index contributed by atoms with van der Waals surface area (Å²) in [6, 6.07) is 0. The largest absolute Gasteiger partial charge is 0.503 e. The second-order valence-electron chi connectivity index (χ2n) is 4.18. The Balaban J connectivity index is 0.000000302. The van der Waals surface area contributed by atoms with Crippen LogP contribution >= 0.6 is 11.6 Å². The lowest BCUT2D eigenvalue weighted by Crippen LogP contribution is -2.22. The number of aromatic nitrogens is 2. The molecule has 2 rings (SSSR count). The van der Waals surface area contributed by atoms with Gasteiger partial charge in [0.15, 0.2) is 11.6 Å². The number of nitrogens with zero attached hydrogens (tertiary/aromatic N) is 3. The lowest BCUT2D eigenvalue weighted by molar-refractivity contribution is 0.303. The van der Waals surface area contributed by atoms with Crippen molar-refractivity contribution in [1.82, 2.24) is 9.97 Å². The van der Waals surface area contributed by atoms with Crippen LogP contribution < -0.4 is 4.90 Å². The van der Waals surface area contributed by atoms with Gasteiger partial charge in [-0.1, -0.05) is 19.8 Å². The molecule has 1 aromatic heterocycles. The smallest absolute Gasteiger partial charge is 0.224 e. The molecule has 1 aromatic rings. The number of aliphatic hydroxyl groups is 1. The van der Waals surface area contributed by atoms with E-state index in [4.69, 9.17) is 16.7 Å². The van der Waals surface area contributed by atoms with Gasteiger partial charge in [-0.3, -0.25) is 0 Å². The molecule has 0 bridgehead atoms. The van der Waals surface area contributed by atoms with E-state index in [1.807, 2.05) is 0 Å². The average molecular weight is 260 g/mol. The van der Waals surface area contributed by atoms with Gasteiger partial charge >= 0.3 is 0 Å². The minimum absolute atomic E-state index is 0.0163. The molecule has 17 heavy (non-hydrogen) atoms. The predicted octanol–water partition coefficient (Wildman–Crippen LogP) is 1.68. The molecule has 0 amide bonds. The maximum absolute atomic E-state index is 9.33. The third-order valence-corrected chi connectivity index (χ3v) is 2.57. The monoisotopic (exact) mass is 259 g/mol. The molecule has 1 heterocycles. The van der Waals surface area contributed by atoms with Gasteiger partial charge in [-0.25, -0.2) is 4.98 Å². The lowest BCUT2D eigenvalue weighted by atomic mass is 10.4. The molecule has 0 aromatic carbocycles. The molecule has 0 saturated heterocycles. The Morgan fingerprint density at radius 3 is 2.59 bits per heavy atom. The molecule has 1 aliphatic rings. The third kappa shape index (κ3) is 5.19. The van der Waals surface area contributed by atoms with Gasteiger partial charge in [-0.2, -0.15) is 4.98 Å². The number of hydrogen-bond acceptors (Lipinski definition) is 5. The van der Waals surface area contributed by atoms with E-state index in [9.17, 15) is 5.11 Å². The van der Waals surface area contributed by atoms with Crippen LogP contribution in [0.2, 0.25) is 5.28 Å². The van der Waals surface area contributed by atoms with Gasteiger partial charge in [-0.15, -0.1) is 0 Å². The minimum Gasteiger partial charge on any atom is -0.503 e. The second kappa shape index (κ2) is 6.61. The average Bonchev–Trinajstić information content (AvgIpc) is 3.05. The van der Waals surface area contributed by atoms with E-state index in [0.717, 1.165) is 5.92 Å². The minimum atomic E-state index is -0.0552. The molecular formula is C11H18ClN3O2. The van der Waals surface area contributed by atoms with Crippen LogP contribution in [0.1, 0.15) is 19.8 Å². The molecule has 6 heteroatoms. The molecule has 1 aliphatic carbocycles. The van der Waals surface area contributed by atoms with E-state index in [2.05, 4.69) is 16.9 Å². The SMILES string of the molecule is CC1CC1.CN(CCO)c1nc(Cl)ncc1O. The highest BCUT2D eigenvalue weighted by Crippen LogP contribution is 2.26. The van der Waals surface area contributed by atoms with Gasteiger partial charge < -0.3 is 15.1 Å². The number of anilines is 1. The highest BCUT2D eigenvalue weighted by molar-refractivity contribution is 6.28. The summed E-state index contributed by atoms with van der Waals surface area (Å²) in [6.07, 6.45) is 4.19. The van der Waals surface area contributed by atoms with Gasteiger partial charge in [0.2, 0.25) is 5.28 Å². The van der Waals surface area contributed by atoms with Crippen LogP contribution in [-0.4, -0.2) is 40.4 Å². The first-order chi connectivity index (χ1) is 8.04. The Hall–Kier alpha value is -1.07. The van der Waals surface area contributed by atoms with Crippen LogP contribution in [0.25, 0.3) is 0 Å². The van der Waals surface area contributed by atoms with E-state index < -0.39 is 0 Å². The fourth-order valence-corrected chi connectivity index (χ4v) is 1.18. The van der Waals surface area contributed by atoms with Crippen LogP contribution in [0.3, 0.4) is 0 Å². The van der Waals surface area contributed by atoms with Gasteiger partial charge in [0.1, 0.15) is 0 Å². The highest BCUT2D eigenvalue weighted by atomic mass is 35.5. The molecule has 0 aliphatic heterocycles. The van der Waals surface area contributed by atoms with Crippen LogP contribution in [-0.2, 0) is 0 Å². The fraction of sp³-hybridized carbons (Fsp3) is 0.636. The summed E-state index contributed by atoms with van der Waals surface area (Å²) in [5, 5.41) is 18.1. The Kier molecular flexibility index (Phi) is 5.44. The summed E-state index contributed by atoms with van der Waals surface area (Å²) in [7, 11) is 1.69. The quantitative estimate of drug-likeness (QED) is 0.809. The molecule has 2 N–H and O–H groups in total. The fourth-order valence-electron chi connectivity index (χ4n) is 1.05. The van der Waals surface area contributed by atoms with Crippen molar-refractivity contribution in [2.45, 2.75) is 19.8 Å². The summed E-state index contributed by atoms with van der Waals surface area (Å²) in [5.41, 5.74) is 0. The maximum atomic E-state index is 9.33. The molecule has 5 nitrogen and oxygen atoms in total. The molecule has 1 fully saturated rings. The molecule has 96 valence electrons. The van der Waals surface area contributed by atoms with Crippen molar-refractivity contribution in [3.63, 3.8) is 0 Å². The molecular weight excluding hydrogens is 242 g/mol. The van der Waals surface area contributed by atoms with Crippen molar-refractivity contribution in [1.29, 1.82) is 0 Å². The summed E-state index contributed by atoms with van der Waals surface area (Å²) in [6.45, 7) is 2.64. The van der Waals surface area contributed by atoms with E-state index >= 15 is 0 Å². The molecule has 1 saturated carbocycles. The predicted molar refractivity (Wildman–Crippen MR) is 67.5 cm³/mol. The van der Waals surface area contributed by atoms with Gasteiger partial charge in [0.25, 0.3) is 0 Å². The van der Waals surface area contributed by atoms with Gasteiger partial charge in [-0.05, 0) is 17.5 Å². The Labute approximate surface area is 106 Å². The Morgan fingerprint density at radius 2 is 2.12 bits per heavy atom. The van der Waals surface area contributed by atoms with E-state index in [-0.39, 0.29) is 17.6 Å². The second-order valence-corrected chi connectivity index (χ2v) is 4.51. The third-order valence-electron chi connectivity index (χ3n) is 2.38. The van der Waals surface area contributed by atoms with Crippen molar-refractivity contribution < 1.29 is 10.2 Å². The zero-order chi connectivity index (χ0) is 12.8. The summed E-state index contributed by atoms with van der Waals surface area (Å²) >= 11 is 5.54. The zero-order valence-corrected chi connectivity index (χ0v) is 10.9. The maximum Gasteiger partial charge on any atom is 0.224 e. The zero-order valence-electron chi connectivity index (χ0n) is 10.1.